The van der Waals surface area contributed by atoms with Crippen molar-refractivity contribution >= 4 is 6.08 Å². The Hall–Kier alpha value is -1.24. The van der Waals surface area contributed by atoms with Gasteiger partial charge < -0.3 is 4.74 Å². The fraction of sp³-hybridized carbons (Fsp3) is 0.529. The maximum absolute atomic E-state index is 5.18. The van der Waals surface area contributed by atoms with E-state index in [0.29, 0.717) is 0 Å². The van der Waals surface area contributed by atoms with Crippen LogP contribution >= 0.6 is 0 Å². The third-order valence-corrected chi connectivity index (χ3v) is 3.19. The summed E-state index contributed by atoms with van der Waals surface area (Å²) in [6.07, 6.45) is 9.96. The molecule has 0 saturated carbocycles. The first-order chi connectivity index (χ1) is 8.80. The van der Waals surface area contributed by atoms with Crippen LogP contribution < -0.4 is 4.74 Å². The summed E-state index contributed by atoms with van der Waals surface area (Å²) in [4.78, 5) is 0. The second kappa shape index (κ2) is 8.79. The standard InChI is InChI=1S/C17H26O/c1-4-6-8-15(9-7-5-2)14-16-10-12-17(18-3)13-11-16/h10-14H,4-9H2,1-3H3. The van der Waals surface area contributed by atoms with Crippen molar-refractivity contribution < 1.29 is 4.74 Å². The Labute approximate surface area is 112 Å². The predicted molar refractivity (Wildman–Crippen MR) is 80.0 cm³/mol. The number of rotatable bonds is 8. The molecule has 0 radical (unpaired) electrons. The zero-order valence-electron chi connectivity index (χ0n) is 12.0. The van der Waals surface area contributed by atoms with Crippen LogP contribution in [0, 0.1) is 0 Å². The molecule has 0 N–H and O–H groups in total. The molecule has 100 valence electrons. The number of allylic oxidation sites excluding steroid dienone is 1. The van der Waals surface area contributed by atoms with E-state index < -0.39 is 0 Å². The van der Waals surface area contributed by atoms with Crippen molar-refractivity contribution in [2.24, 2.45) is 0 Å². The molecule has 0 bridgehead atoms. The number of hydrogen-bond acceptors (Lipinski definition) is 1. The molecule has 0 aromatic heterocycles. The van der Waals surface area contributed by atoms with Crippen LogP contribution in [-0.4, -0.2) is 7.11 Å². The van der Waals surface area contributed by atoms with E-state index >= 15 is 0 Å². The van der Waals surface area contributed by atoms with Crippen molar-refractivity contribution in [1.29, 1.82) is 0 Å². The first kappa shape index (κ1) is 14.8. The number of benzene rings is 1. The molecule has 0 spiro atoms. The van der Waals surface area contributed by atoms with Gasteiger partial charge in [0.2, 0.25) is 0 Å². The lowest BCUT2D eigenvalue weighted by molar-refractivity contribution is 0.415. The Morgan fingerprint density at radius 1 is 1.00 bits per heavy atom. The van der Waals surface area contributed by atoms with Crippen molar-refractivity contribution in [2.75, 3.05) is 7.11 Å². The van der Waals surface area contributed by atoms with E-state index in [1.165, 1.54) is 44.1 Å². The molecule has 1 heteroatoms. The van der Waals surface area contributed by atoms with Crippen LogP contribution in [0.4, 0.5) is 0 Å². The number of hydrogen-bond donors (Lipinski definition) is 0. The molecule has 18 heavy (non-hydrogen) atoms. The smallest absolute Gasteiger partial charge is 0.118 e. The summed E-state index contributed by atoms with van der Waals surface area (Å²) in [6.45, 7) is 4.51. The highest BCUT2D eigenvalue weighted by molar-refractivity contribution is 5.53. The minimum absolute atomic E-state index is 0.927. The Morgan fingerprint density at radius 2 is 1.56 bits per heavy atom. The lowest BCUT2D eigenvalue weighted by Gasteiger charge is -2.07. The van der Waals surface area contributed by atoms with E-state index in [4.69, 9.17) is 4.74 Å². The lowest BCUT2D eigenvalue weighted by atomic mass is 10.00. The molecule has 0 aliphatic carbocycles. The average Bonchev–Trinajstić information content (AvgIpc) is 2.42. The van der Waals surface area contributed by atoms with Crippen molar-refractivity contribution in [2.45, 2.75) is 52.4 Å². The maximum atomic E-state index is 5.18. The minimum Gasteiger partial charge on any atom is -0.497 e. The molecule has 0 unspecified atom stereocenters. The third-order valence-electron chi connectivity index (χ3n) is 3.19. The molecule has 0 aliphatic rings. The summed E-state index contributed by atoms with van der Waals surface area (Å²) in [7, 11) is 1.71. The molecular formula is C17H26O. The van der Waals surface area contributed by atoms with Gasteiger partial charge in [0.15, 0.2) is 0 Å². The zero-order chi connectivity index (χ0) is 13.2. The second-order valence-corrected chi connectivity index (χ2v) is 4.78. The van der Waals surface area contributed by atoms with Crippen LogP contribution in [0.5, 0.6) is 5.75 Å². The third kappa shape index (κ3) is 5.39. The molecule has 0 heterocycles. The number of unbranched alkanes of at least 4 members (excludes halogenated alkanes) is 2. The number of methoxy groups -OCH3 is 1. The normalized spacial score (nSPS) is 10.2. The largest absolute Gasteiger partial charge is 0.497 e. The summed E-state index contributed by atoms with van der Waals surface area (Å²) in [5.41, 5.74) is 2.88. The molecule has 1 rings (SSSR count). The van der Waals surface area contributed by atoms with Crippen molar-refractivity contribution in [3.63, 3.8) is 0 Å². The van der Waals surface area contributed by atoms with Gasteiger partial charge in [0.1, 0.15) is 5.75 Å². The van der Waals surface area contributed by atoms with Crippen molar-refractivity contribution in [3.05, 3.63) is 35.4 Å². The monoisotopic (exact) mass is 246 g/mol. The van der Waals surface area contributed by atoms with E-state index in [9.17, 15) is 0 Å². The molecular weight excluding hydrogens is 220 g/mol. The molecule has 0 aliphatic heterocycles. The highest BCUT2D eigenvalue weighted by Crippen LogP contribution is 2.20. The summed E-state index contributed by atoms with van der Waals surface area (Å²) >= 11 is 0. The first-order valence-corrected chi connectivity index (χ1v) is 7.13. The molecule has 0 amide bonds. The highest BCUT2D eigenvalue weighted by atomic mass is 16.5. The average molecular weight is 246 g/mol. The van der Waals surface area contributed by atoms with Crippen LogP contribution in [-0.2, 0) is 0 Å². The van der Waals surface area contributed by atoms with Gasteiger partial charge in [-0.2, -0.15) is 0 Å². The Morgan fingerprint density at radius 3 is 2.00 bits per heavy atom. The van der Waals surface area contributed by atoms with E-state index in [-0.39, 0.29) is 0 Å². The maximum Gasteiger partial charge on any atom is 0.118 e. The summed E-state index contributed by atoms with van der Waals surface area (Å²) in [5, 5.41) is 0. The van der Waals surface area contributed by atoms with Crippen LogP contribution in [0.1, 0.15) is 57.9 Å². The van der Waals surface area contributed by atoms with Gasteiger partial charge in [-0.1, -0.05) is 50.5 Å². The topological polar surface area (TPSA) is 9.23 Å². The van der Waals surface area contributed by atoms with E-state index in [1.54, 1.807) is 12.7 Å². The van der Waals surface area contributed by atoms with Gasteiger partial charge in [-0.3, -0.25) is 0 Å². The minimum atomic E-state index is 0.927. The van der Waals surface area contributed by atoms with Crippen LogP contribution in [0.25, 0.3) is 6.08 Å². The van der Waals surface area contributed by atoms with Gasteiger partial charge in [-0.05, 0) is 43.4 Å². The van der Waals surface area contributed by atoms with Crippen molar-refractivity contribution in [1.82, 2.24) is 0 Å². The van der Waals surface area contributed by atoms with Gasteiger partial charge in [0, 0.05) is 0 Å². The fourth-order valence-electron chi connectivity index (χ4n) is 2.01. The zero-order valence-corrected chi connectivity index (χ0v) is 12.0. The molecule has 1 aromatic rings. The second-order valence-electron chi connectivity index (χ2n) is 4.78. The van der Waals surface area contributed by atoms with Crippen LogP contribution in [0.15, 0.2) is 29.8 Å². The number of ether oxygens (including phenoxy) is 1. The predicted octanol–water partition coefficient (Wildman–Crippen LogP) is 5.46. The van der Waals surface area contributed by atoms with Crippen molar-refractivity contribution in [3.8, 4) is 5.75 Å². The Bertz CT molecular complexity index is 338. The molecule has 0 atom stereocenters. The fourth-order valence-corrected chi connectivity index (χ4v) is 2.01. The lowest BCUT2D eigenvalue weighted by Crippen LogP contribution is -1.87. The quantitative estimate of drug-likeness (QED) is 0.592. The summed E-state index contributed by atoms with van der Waals surface area (Å²) in [6, 6.07) is 8.33. The van der Waals surface area contributed by atoms with Gasteiger partial charge in [-0.15, -0.1) is 0 Å². The van der Waals surface area contributed by atoms with E-state index in [0.717, 1.165) is 5.75 Å². The Balaban J connectivity index is 2.70. The van der Waals surface area contributed by atoms with E-state index in [2.05, 4.69) is 32.1 Å². The molecule has 1 aromatic carbocycles. The van der Waals surface area contributed by atoms with Gasteiger partial charge in [0.25, 0.3) is 0 Å². The first-order valence-electron chi connectivity index (χ1n) is 7.13. The van der Waals surface area contributed by atoms with Gasteiger partial charge >= 0.3 is 0 Å². The van der Waals surface area contributed by atoms with E-state index in [1.807, 2.05) is 12.1 Å². The molecule has 1 nitrogen and oxygen atoms in total. The molecule has 0 fully saturated rings. The van der Waals surface area contributed by atoms with Gasteiger partial charge in [-0.25, -0.2) is 0 Å². The SMILES string of the molecule is CCCCC(=Cc1ccc(OC)cc1)CCCC. The van der Waals surface area contributed by atoms with Crippen LogP contribution in [0.3, 0.4) is 0 Å². The van der Waals surface area contributed by atoms with Crippen LogP contribution in [0.2, 0.25) is 0 Å². The van der Waals surface area contributed by atoms with Gasteiger partial charge in [0.05, 0.1) is 7.11 Å². The molecule has 0 saturated heterocycles. The highest BCUT2D eigenvalue weighted by Gasteiger charge is 1.98. The Kier molecular flexibility index (Phi) is 7.24. The summed E-state index contributed by atoms with van der Waals surface area (Å²) in [5.74, 6) is 0.927. The summed E-state index contributed by atoms with van der Waals surface area (Å²) < 4.78 is 5.18.